The van der Waals surface area contributed by atoms with Crippen LogP contribution in [0.2, 0.25) is 0 Å². The van der Waals surface area contributed by atoms with Crippen molar-refractivity contribution in [3.8, 4) is 0 Å². The summed E-state index contributed by atoms with van der Waals surface area (Å²) < 4.78 is 0. The minimum atomic E-state index is -1.05. The van der Waals surface area contributed by atoms with E-state index in [0.29, 0.717) is 12.8 Å². The van der Waals surface area contributed by atoms with E-state index in [1.807, 2.05) is 20.8 Å². The zero-order valence-electron chi connectivity index (χ0n) is 13.0. The molecular formula is C14H26N2O4. The molecular weight excluding hydrogens is 260 g/mol. The molecule has 0 rings (SSSR count). The molecule has 20 heavy (non-hydrogen) atoms. The predicted molar refractivity (Wildman–Crippen MR) is 76.2 cm³/mol. The van der Waals surface area contributed by atoms with Gasteiger partial charge < -0.3 is 15.7 Å². The number of amides is 2. The van der Waals surface area contributed by atoms with Crippen LogP contribution in [0.15, 0.2) is 0 Å². The molecule has 0 heterocycles. The third kappa shape index (κ3) is 6.04. The second kappa shape index (κ2) is 7.26. The fourth-order valence-corrected chi connectivity index (χ4v) is 1.89. The Hall–Kier alpha value is -1.59. The Labute approximate surface area is 120 Å². The standard InChI is InChI=1S/C14H26N2O4/c1-6-14(7-2,12(19)20)8-10(17)15-9-11(18)16-13(3,4)5/h6-9H2,1-5H3,(H,15,17)(H,16,18)(H,19,20). The van der Waals surface area contributed by atoms with Gasteiger partial charge in [0.2, 0.25) is 11.8 Å². The number of carbonyl (C=O) groups is 3. The Morgan fingerprint density at radius 3 is 1.85 bits per heavy atom. The topological polar surface area (TPSA) is 95.5 Å². The first kappa shape index (κ1) is 18.4. The molecule has 0 fully saturated rings. The largest absolute Gasteiger partial charge is 0.481 e. The molecule has 0 aromatic carbocycles. The van der Waals surface area contributed by atoms with Crippen LogP contribution in [0.4, 0.5) is 0 Å². The molecule has 0 aliphatic heterocycles. The van der Waals surface area contributed by atoms with Crippen LogP contribution in [-0.2, 0) is 14.4 Å². The van der Waals surface area contributed by atoms with E-state index in [9.17, 15) is 19.5 Å². The third-order valence-corrected chi connectivity index (χ3v) is 3.27. The highest BCUT2D eigenvalue weighted by Crippen LogP contribution is 2.30. The second-order valence-electron chi connectivity index (χ2n) is 6.04. The maximum atomic E-state index is 11.8. The number of hydrogen-bond donors (Lipinski definition) is 3. The van der Waals surface area contributed by atoms with Crippen LogP contribution in [0.3, 0.4) is 0 Å². The quantitative estimate of drug-likeness (QED) is 0.657. The molecule has 0 spiro atoms. The summed E-state index contributed by atoms with van der Waals surface area (Å²) in [7, 11) is 0. The van der Waals surface area contributed by atoms with Gasteiger partial charge in [0.25, 0.3) is 0 Å². The molecule has 0 saturated heterocycles. The van der Waals surface area contributed by atoms with Gasteiger partial charge in [-0.25, -0.2) is 0 Å². The van der Waals surface area contributed by atoms with Crippen LogP contribution in [0, 0.1) is 5.41 Å². The van der Waals surface area contributed by atoms with E-state index in [-0.39, 0.29) is 24.4 Å². The van der Waals surface area contributed by atoms with E-state index >= 15 is 0 Å². The smallest absolute Gasteiger partial charge is 0.310 e. The molecule has 0 saturated carbocycles. The first-order valence-corrected chi connectivity index (χ1v) is 6.87. The van der Waals surface area contributed by atoms with Gasteiger partial charge in [0, 0.05) is 12.0 Å². The molecule has 0 radical (unpaired) electrons. The lowest BCUT2D eigenvalue weighted by molar-refractivity contribution is -0.152. The molecule has 0 aliphatic carbocycles. The van der Waals surface area contributed by atoms with Crippen molar-refractivity contribution < 1.29 is 19.5 Å². The van der Waals surface area contributed by atoms with Gasteiger partial charge in [-0.2, -0.15) is 0 Å². The normalized spacial score (nSPS) is 11.8. The molecule has 0 aromatic rings. The fraction of sp³-hybridized carbons (Fsp3) is 0.786. The first-order chi connectivity index (χ1) is 9.06. The molecule has 6 heteroatoms. The molecule has 0 unspecified atom stereocenters. The number of carbonyl (C=O) groups excluding carboxylic acids is 2. The Bertz CT molecular complexity index is 368. The van der Waals surface area contributed by atoms with Crippen molar-refractivity contribution in [2.45, 2.75) is 59.4 Å². The Balaban J connectivity index is 4.43. The highest BCUT2D eigenvalue weighted by Gasteiger charge is 2.37. The Morgan fingerprint density at radius 1 is 1.00 bits per heavy atom. The average Bonchev–Trinajstić information content (AvgIpc) is 2.31. The van der Waals surface area contributed by atoms with Crippen molar-refractivity contribution >= 4 is 17.8 Å². The summed E-state index contributed by atoms with van der Waals surface area (Å²) in [4.78, 5) is 34.6. The average molecular weight is 286 g/mol. The van der Waals surface area contributed by atoms with Gasteiger partial charge in [0.15, 0.2) is 0 Å². The number of hydrogen-bond acceptors (Lipinski definition) is 3. The summed E-state index contributed by atoms with van der Waals surface area (Å²) in [5, 5.41) is 14.4. The van der Waals surface area contributed by atoms with E-state index in [4.69, 9.17) is 0 Å². The highest BCUT2D eigenvalue weighted by atomic mass is 16.4. The summed E-state index contributed by atoms with van der Waals surface area (Å²) in [6.45, 7) is 8.89. The van der Waals surface area contributed by atoms with Crippen molar-refractivity contribution in [1.82, 2.24) is 10.6 Å². The monoisotopic (exact) mass is 286 g/mol. The van der Waals surface area contributed by atoms with Crippen molar-refractivity contribution in [3.63, 3.8) is 0 Å². The van der Waals surface area contributed by atoms with E-state index < -0.39 is 17.3 Å². The van der Waals surface area contributed by atoms with E-state index in [2.05, 4.69) is 10.6 Å². The predicted octanol–water partition coefficient (Wildman–Crippen LogP) is 1.30. The molecule has 0 aromatic heterocycles. The summed E-state index contributed by atoms with van der Waals surface area (Å²) >= 11 is 0. The van der Waals surface area contributed by atoms with Gasteiger partial charge in [-0.3, -0.25) is 14.4 Å². The molecule has 0 atom stereocenters. The van der Waals surface area contributed by atoms with Gasteiger partial charge in [-0.05, 0) is 33.6 Å². The molecule has 116 valence electrons. The lowest BCUT2D eigenvalue weighted by atomic mass is 9.79. The van der Waals surface area contributed by atoms with Crippen LogP contribution in [0.25, 0.3) is 0 Å². The van der Waals surface area contributed by atoms with Crippen molar-refractivity contribution in [2.75, 3.05) is 6.54 Å². The number of carboxylic acids is 1. The minimum Gasteiger partial charge on any atom is -0.481 e. The number of carboxylic acid groups (broad SMARTS) is 1. The summed E-state index contributed by atoms with van der Waals surface area (Å²) in [5.74, 6) is -1.68. The maximum absolute atomic E-state index is 11.8. The van der Waals surface area contributed by atoms with Gasteiger partial charge in [0.05, 0.1) is 12.0 Å². The number of aliphatic carboxylic acids is 1. The van der Waals surface area contributed by atoms with Crippen LogP contribution < -0.4 is 10.6 Å². The molecule has 2 amide bonds. The van der Waals surface area contributed by atoms with Gasteiger partial charge in [-0.1, -0.05) is 13.8 Å². The van der Waals surface area contributed by atoms with Crippen molar-refractivity contribution in [3.05, 3.63) is 0 Å². The Kier molecular flexibility index (Phi) is 6.68. The minimum absolute atomic E-state index is 0.113. The second-order valence-corrected chi connectivity index (χ2v) is 6.04. The molecule has 0 aliphatic rings. The summed E-state index contributed by atoms with van der Waals surface area (Å²) in [6.07, 6.45) is 0.638. The molecule has 0 bridgehead atoms. The Morgan fingerprint density at radius 2 is 1.50 bits per heavy atom. The zero-order valence-corrected chi connectivity index (χ0v) is 13.0. The van der Waals surface area contributed by atoms with Crippen LogP contribution >= 0.6 is 0 Å². The third-order valence-electron chi connectivity index (χ3n) is 3.27. The van der Waals surface area contributed by atoms with E-state index in [0.717, 1.165) is 0 Å². The maximum Gasteiger partial charge on any atom is 0.310 e. The SMILES string of the molecule is CCC(CC)(CC(=O)NCC(=O)NC(C)(C)C)C(=O)O. The first-order valence-electron chi connectivity index (χ1n) is 6.87. The molecule has 3 N–H and O–H groups in total. The van der Waals surface area contributed by atoms with Gasteiger partial charge >= 0.3 is 5.97 Å². The van der Waals surface area contributed by atoms with Gasteiger partial charge in [0.1, 0.15) is 0 Å². The zero-order chi connectivity index (χ0) is 16.0. The number of nitrogens with one attached hydrogen (secondary N) is 2. The summed E-state index contributed by atoms with van der Waals surface area (Å²) in [6, 6.07) is 0. The lowest BCUT2D eigenvalue weighted by Crippen LogP contribution is -2.46. The van der Waals surface area contributed by atoms with Crippen LogP contribution in [-0.4, -0.2) is 35.0 Å². The van der Waals surface area contributed by atoms with Crippen LogP contribution in [0.1, 0.15) is 53.9 Å². The molecule has 6 nitrogen and oxygen atoms in total. The highest BCUT2D eigenvalue weighted by molar-refractivity contribution is 5.88. The number of rotatable bonds is 7. The van der Waals surface area contributed by atoms with E-state index in [1.165, 1.54) is 0 Å². The van der Waals surface area contributed by atoms with Gasteiger partial charge in [-0.15, -0.1) is 0 Å². The fourth-order valence-electron chi connectivity index (χ4n) is 1.89. The van der Waals surface area contributed by atoms with Crippen LogP contribution in [0.5, 0.6) is 0 Å². The lowest BCUT2D eigenvalue weighted by Gasteiger charge is -2.26. The van der Waals surface area contributed by atoms with E-state index in [1.54, 1.807) is 13.8 Å². The van der Waals surface area contributed by atoms with Crippen molar-refractivity contribution in [1.29, 1.82) is 0 Å². The van der Waals surface area contributed by atoms with Crippen molar-refractivity contribution in [2.24, 2.45) is 5.41 Å². The summed E-state index contributed by atoms with van der Waals surface area (Å²) in [5.41, 5.74) is -1.41.